The molecule has 5 nitrogen and oxygen atoms in total. The summed E-state index contributed by atoms with van der Waals surface area (Å²) >= 11 is 0. The molecule has 0 bridgehead atoms. The smallest absolute Gasteiger partial charge is 0.348 e. The van der Waals surface area contributed by atoms with Crippen molar-refractivity contribution in [3.63, 3.8) is 0 Å². The molecule has 1 aromatic heterocycles. The summed E-state index contributed by atoms with van der Waals surface area (Å²) in [4.78, 5) is 11.6. The highest BCUT2D eigenvalue weighted by atomic mass is 19.1. The molecule has 0 aliphatic heterocycles. The van der Waals surface area contributed by atoms with Crippen LogP contribution in [0.4, 0.5) is 10.1 Å². The van der Waals surface area contributed by atoms with Gasteiger partial charge in [-0.1, -0.05) is 11.2 Å². The predicted octanol–water partition coefficient (Wildman–Crippen LogP) is 1.92. The van der Waals surface area contributed by atoms with Crippen LogP contribution < -0.4 is 10.5 Å². The number of carbonyl (C=O) groups excluding carboxylic acids is 1. The van der Waals surface area contributed by atoms with Crippen LogP contribution in [-0.4, -0.2) is 11.1 Å². The Morgan fingerprint density at radius 3 is 2.94 bits per heavy atom. The lowest BCUT2D eigenvalue weighted by Gasteiger charge is -2.05. The number of halogens is 1. The van der Waals surface area contributed by atoms with Gasteiger partial charge in [0.1, 0.15) is 11.8 Å². The van der Waals surface area contributed by atoms with Gasteiger partial charge in [0, 0.05) is 0 Å². The number of anilines is 1. The third kappa shape index (κ3) is 2.10. The highest BCUT2D eigenvalue weighted by molar-refractivity contribution is 5.91. The highest BCUT2D eigenvalue weighted by Crippen LogP contribution is 2.23. The lowest BCUT2D eigenvalue weighted by Crippen LogP contribution is -2.10. The van der Waals surface area contributed by atoms with Crippen LogP contribution in [0.3, 0.4) is 0 Å². The molecule has 1 aromatic carbocycles. The fourth-order valence-corrected chi connectivity index (χ4v) is 1.25. The van der Waals surface area contributed by atoms with E-state index in [1.54, 1.807) is 6.92 Å². The van der Waals surface area contributed by atoms with Crippen molar-refractivity contribution in [2.75, 3.05) is 5.73 Å². The summed E-state index contributed by atoms with van der Waals surface area (Å²) in [6, 6.07) is 4.17. The minimum absolute atomic E-state index is 0.0858. The number of rotatable bonds is 2. The number of hydrogen-bond acceptors (Lipinski definition) is 5. The Kier molecular flexibility index (Phi) is 2.78. The summed E-state index contributed by atoms with van der Waals surface area (Å²) in [6.07, 6.45) is 1.14. The van der Waals surface area contributed by atoms with E-state index in [1.165, 1.54) is 18.2 Å². The van der Waals surface area contributed by atoms with Crippen molar-refractivity contribution in [3.8, 4) is 5.75 Å². The number of nitrogens with two attached hydrogens (primary N) is 1. The van der Waals surface area contributed by atoms with E-state index in [-0.39, 0.29) is 17.0 Å². The first-order valence-electron chi connectivity index (χ1n) is 4.76. The molecule has 2 rings (SSSR count). The van der Waals surface area contributed by atoms with Gasteiger partial charge < -0.3 is 15.0 Å². The van der Waals surface area contributed by atoms with Gasteiger partial charge >= 0.3 is 5.97 Å². The number of nitrogen functional groups attached to an aromatic ring is 1. The maximum absolute atomic E-state index is 13.5. The second kappa shape index (κ2) is 4.25. The molecule has 0 saturated heterocycles. The molecule has 1 heterocycles. The van der Waals surface area contributed by atoms with Crippen molar-refractivity contribution in [1.82, 2.24) is 5.16 Å². The number of aryl methyl sites for hydroxylation is 1. The molecule has 0 unspecified atom stereocenters. The predicted molar refractivity (Wildman–Crippen MR) is 57.0 cm³/mol. The maximum atomic E-state index is 13.5. The van der Waals surface area contributed by atoms with Crippen LogP contribution in [-0.2, 0) is 0 Å². The van der Waals surface area contributed by atoms with Gasteiger partial charge in [0.2, 0.25) is 0 Å². The fraction of sp³-hybridized carbons (Fsp3) is 0.0909. The van der Waals surface area contributed by atoms with Crippen LogP contribution in [0.25, 0.3) is 0 Å². The lowest BCUT2D eigenvalue weighted by atomic mass is 10.2. The summed E-state index contributed by atoms with van der Waals surface area (Å²) in [5.41, 5.74) is 5.78. The molecule has 0 amide bonds. The molecule has 0 aliphatic carbocycles. The molecule has 0 fully saturated rings. The molecule has 0 radical (unpaired) electrons. The second-order valence-corrected chi connectivity index (χ2v) is 3.36. The normalized spacial score (nSPS) is 10.2. The van der Waals surface area contributed by atoms with E-state index in [2.05, 4.69) is 9.68 Å². The Morgan fingerprint density at radius 2 is 2.29 bits per heavy atom. The summed E-state index contributed by atoms with van der Waals surface area (Å²) < 4.78 is 22.9. The zero-order valence-electron chi connectivity index (χ0n) is 8.94. The number of aromatic nitrogens is 1. The summed E-state index contributed by atoms with van der Waals surface area (Å²) in [6.45, 7) is 1.58. The lowest BCUT2D eigenvalue weighted by molar-refractivity contribution is 0.0727. The molecule has 0 aliphatic rings. The quantitative estimate of drug-likeness (QED) is 0.489. The van der Waals surface area contributed by atoms with E-state index in [0.717, 1.165) is 6.26 Å². The van der Waals surface area contributed by atoms with Crippen molar-refractivity contribution < 1.29 is 18.4 Å². The maximum Gasteiger partial charge on any atom is 0.348 e. The Hall–Kier alpha value is -2.37. The van der Waals surface area contributed by atoms with Gasteiger partial charge in [0.15, 0.2) is 11.6 Å². The topological polar surface area (TPSA) is 78.3 Å². The van der Waals surface area contributed by atoms with E-state index in [0.29, 0.717) is 5.69 Å². The van der Waals surface area contributed by atoms with E-state index in [1.807, 2.05) is 0 Å². The fourth-order valence-electron chi connectivity index (χ4n) is 1.25. The van der Waals surface area contributed by atoms with Crippen LogP contribution in [0.5, 0.6) is 5.75 Å². The molecule has 0 atom stereocenters. The highest BCUT2D eigenvalue weighted by Gasteiger charge is 2.17. The summed E-state index contributed by atoms with van der Waals surface area (Å²) in [5.74, 6) is -1.74. The molecular formula is C11H9FN2O3. The van der Waals surface area contributed by atoms with Crippen molar-refractivity contribution in [1.29, 1.82) is 0 Å². The van der Waals surface area contributed by atoms with Gasteiger partial charge in [-0.25, -0.2) is 9.18 Å². The Bertz CT molecular complexity index is 566. The third-order valence-electron chi connectivity index (χ3n) is 2.17. The third-order valence-corrected chi connectivity index (χ3v) is 2.17. The summed E-state index contributed by atoms with van der Waals surface area (Å²) in [5, 5.41) is 3.53. The molecule has 0 spiro atoms. The minimum Gasteiger partial charge on any atom is -0.420 e. The minimum atomic E-state index is -0.769. The Labute approximate surface area is 96.0 Å². The van der Waals surface area contributed by atoms with Crippen LogP contribution in [0.1, 0.15) is 16.1 Å². The van der Waals surface area contributed by atoms with Gasteiger partial charge in [0.25, 0.3) is 0 Å². The number of ether oxygens (including phenoxy) is 1. The first-order chi connectivity index (χ1) is 8.09. The average Bonchev–Trinajstić information content (AvgIpc) is 2.71. The molecule has 88 valence electrons. The van der Waals surface area contributed by atoms with Gasteiger partial charge in [0.05, 0.1) is 11.4 Å². The molecule has 17 heavy (non-hydrogen) atoms. The molecule has 2 N–H and O–H groups in total. The average molecular weight is 236 g/mol. The van der Waals surface area contributed by atoms with E-state index in [4.69, 9.17) is 10.5 Å². The summed E-state index contributed by atoms with van der Waals surface area (Å²) in [7, 11) is 0. The van der Waals surface area contributed by atoms with Crippen LogP contribution in [0.2, 0.25) is 0 Å². The van der Waals surface area contributed by atoms with Gasteiger partial charge in [-0.15, -0.1) is 0 Å². The van der Waals surface area contributed by atoms with Gasteiger partial charge in [-0.3, -0.25) is 0 Å². The van der Waals surface area contributed by atoms with Gasteiger partial charge in [-0.05, 0) is 19.1 Å². The number of esters is 1. The zero-order valence-corrected chi connectivity index (χ0v) is 8.94. The second-order valence-electron chi connectivity index (χ2n) is 3.36. The monoisotopic (exact) mass is 236 g/mol. The SMILES string of the molecule is Cc1nocc1C(=O)Oc1cccc(N)c1F. The van der Waals surface area contributed by atoms with E-state index in [9.17, 15) is 9.18 Å². The van der Waals surface area contributed by atoms with Crippen molar-refractivity contribution in [3.05, 3.63) is 41.5 Å². The van der Waals surface area contributed by atoms with Gasteiger partial charge in [-0.2, -0.15) is 0 Å². The molecule has 6 heteroatoms. The van der Waals surface area contributed by atoms with Crippen LogP contribution in [0, 0.1) is 12.7 Å². The van der Waals surface area contributed by atoms with Crippen molar-refractivity contribution in [2.45, 2.75) is 6.92 Å². The van der Waals surface area contributed by atoms with E-state index < -0.39 is 11.8 Å². The van der Waals surface area contributed by atoms with Crippen molar-refractivity contribution in [2.24, 2.45) is 0 Å². The zero-order chi connectivity index (χ0) is 12.4. The number of hydrogen-bond donors (Lipinski definition) is 1. The molecule has 0 saturated carbocycles. The Balaban J connectivity index is 2.25. The largest absolute Gasteiger partial charge is 0.420 e. The molecule has 2 aromatic rings. The first kappa shape index (κ1) is 11.1. The number of benzene rings is 1. The van der Waals surface area contributed by atoms with E-state index >= 15 is 0 Å². The number of carbonyl (C=O) groups is 1. The standard InChI is InChI=1S/C11H9FN2O3/c1-6-7(5-16-14-6)11(15)17-9-4-2-3-8(13)10(9)12/h2-5H,13H2,1H3. The van der Waals surface area contributed by atoms with Crippen molar-refractivity contribution >= 4 is 11.7 Å². The first-order valence-corrected chi connectivity index (χ1v) is 4.76. The van der Waals surface area contributed by atoms with Crippen LogP contribution in [0.15, 0.2) is 29.0 Å². The Morgan fingerprint density at radius 1 is 1.53 bits per heavy atom. The number of nitrogens with zero attached hydrogens (tertiary/aromatic N) is 1. The molecular weight excluding hydrogens is 227 g/mol. The van der Waals surface area contributed by atoms with Crippen LogP contribution >= 0.6 is 0 Å².